The molecular formula is C22H32N2O3. The molecule has 0 N–H and O–H groups in total. The zero-order valence-electron chi connectivity index (χ0n) is 17.3. The van der Waals surface area contributed by atoms with Crippen LogP contribution >= 0.6 is 0 Å². The molecule has 1 aromatic carbocycles. The van der Waals surface area contributed by atoms with E-state index in [9.17, 15) is 9.59 Å². The molecule has 0 aliphatic rings. The van der Waals surface area contributed by atoms with Gasteiger partial charge in [0, 0.05) is 30.5 Å². The van der Waals surface area contributed by atoms with Gasteiger partial charge >= 0.3 is 5.97 Å². The summed E-state index contributed by atoms with van der Waals surface area (Å²) in [5.41, 5.74) is 4.12. The summed E-state index contributed by atoms with van der Waals surface area (Å²) in [6.45, 7) is 12.2. The van der Waals surface area contributed by atoms with Crippen LogP contribution in [-0.2, 0) is 22.5 Å². The van der Waals surface area contributed by atoms with E-state index in [1.807, 2.05) is 13.8 Å². The molecule has 0 atom stereocenters. The van der Waals surface area contributed by atoms with Crippen molar-refractivity contribution < 1.29 is 14.3 Å². The van der Waals surface area contributed by atoms with Gasteiger partial charge in [-0.2, -0.15) is 0 Å². The predicted molar refractivity (Wildman–Crippen MR) is 109 cm³/mol. The maximum atomic E-state index is 13.4. The third-order valence-corrected chi connectivity index (χ3v) is 4.98. The Bertz CT molecular complexity index is 807. The lowest BCUT2D eigenvalue weighted by atomic mass is 10.1. The van der Waals surface area contributed by atoms with Crippen LogP contribution in [0, 0.1) is 6.92 Å². The number of esters is 1. The summed E-state index contributed by atoms with van der Waals surface area (Å²) in [4.78, 5) is 26.9. The first-order chi connectivity index (χ1) is 13.0. The number of carbonyl (C=O) groups is 2. The highest BCUT2D eigenvalue weighted by molar-refractivity contribution is 6.02. The topological polar surface area (TPSA) is 51.5 Å². The summed E-state index contributed by atoms with van der Waals surface area (Å²) in [7, 11) is 0. The normalized spacial score (nSPS) is 11.0. The molecule has 27 heavy (non-hydrogen) atoms. The molecule has 2 aromatic rings. The highest BCUT2D eigenvalue weighted by Crippen LogP contribution is 2.28. The number of aryl methyl sites for hydroxylation is 3. The second-order valence-corrected chi connectivity index (χ2v) is 6.77. The summed E-state index contributed by atoms with van der Waals surface area (Å²) < 4.78 is 7.11. The van der Waals surface area contributed by atoms with Gasteiger partial charge in [-0.05, 0) is 56.9 Å². The van der Waals surface area contributed by atoms with Crippen molar-refractivity contribution in [1.29, 1.82) is 0 Å². The molecule has 0 bridgehead atoms. The van der Waals surface area contributed by atoms with Gasteiger partial charge in [-0.3, -0.25) is 9.59 Å². The van der Waals surface area contributed by atoms with Gasteiger partial charge in [0.25, 0.3) is 5.91 Å². The van der Waals surface area contributed by atoms with Gasteiger partial charge in [-0.15, -0.1) is 0 Å². The second-order valence-electron chi connectivity index (χ2n) is 6.77. The average Bonchev–Trinajstić information content (AvgIpc) is 2.96. The number of ether oxygens (including phenoxy) is 1. The highest BCUT2D eigenvalue weighted by Gasteiger charge is 2.24. The first-order valence-corrected chi connectivity index (χ1v) is 10.0. The lowest BCUT2D eigenvalue weighted by molar-refractivity contribution is -0.143. The largest absolute Gasteiger partial charge is 0.466 e. The smallest absolute Gasteiger partial charge is 0.307 e. The van der Waals surface area contributed by atoms with E-state index in [-0.39, 0.29) is 18.3 Å². The molecule has 2 rings (SSSR count). The Labute approximate surface area is 162 Å². The minimum Gasteiger partial charge on any atom is -0.466 e. The molecule has 0 fully saturated rings. The monoisotopic (exact) mass is 372 g/mol. The number of amides is 1. The maximum absolute atomic E-state index is 13.4. The van der Waals surface area contributed by atoms with E-state index in [1.165, 1.54) is 5.56 Å². The van der Waals surface area contributed by atoms with Crippen LogP contribution in [0.1, 0.15) is 62.2 Å². The van der Waals surface area contributed by atoms with Crippen LogP contribution in [-0.4, -0.2) is 41.0 Å². The number of benzene rings is 1. The van der Waals surface area contributed by atoms with Crippen molar-refractivity contribution in [3.8, 4) is 0 Å². The molecule has 0 saturated carbocycles. The molecule has 148 valence electrons. The number of hydrogen-bond acceptors (Lipinski definition) is 3. The van der Waals surface area contributed by atoms with Gasteiger partial charge in [-0.25, -0.2) is 0 Å². The molecule has 5 nitrogen and oxygen atoms in total. The fraction of sp³-hybridized carbons (Fsp3) is 0.545. The van der Waals surface area contributed by atoms with Gasteiger partial charge in [-0.1, -0.05) is 19.9 Å². The third kappa shape index (κ3) is 4.52. The van der Waals surface area contributed by atoms with Crippen molar-refractivity contribution in [2.24, 2.45) is 0 Å². The van der Waals surface area contributed by atoms with Crippen molar-refractivity contribution in [2.75, 3.05) is 19.7 Å². The van der Waals surface area contributed by atoms with Crippen LogP contribution in [0.25, 0.3) is 10.9 Å². The summed E-state index contributed by atoms with van der Waals surface area (Å²) in [6, 6.07) is 6.44. The molecule has 0 spiro atoms. The fourth-order valence-corrected chi connectivity index (χ4v) is 3.59. The van der Waals surface area contributed by atoms with Crippen molar-refractivity contribution >= 4 is 22.8 Å². The zero-order chi connectivity index (χ0) is 20.0. The van der Waals surface area contributed by atoms with E-state index in [2.05, 4.69) is 36.6 Å². The number of hydrogen-bond donors (Lipinski definition) is 0. The quantitative estimate of drug-likeness (QED) is 0.615. The number of rotatable bonds is 9. The summed E-state index contributed by atoms with van der Waals surface area (Å²) >= 11 is 0. The van der Waals surface area contributed by atoms with E-state index in [1.54, 1.807) is 11.8 Å². The number of nitrogens with zero attached hydrogens (tertiary/aromatic N) is 2. The van der Waals surface area contributed by atoms with Crippen LogP contribution in [0.5, 0.6) is 0 Å². The molecule has 5 heteroatoms. The third-order valence-electron chi connectivity index (χ3n) is 4.98. The second kappa shape index (κ2) is 9.58. The summed E-state index contributed by atoms with van der Waals surface area (Å²) in [6.07, 6.45) is 2.04. The number of fused-ring (bicyclic) bond motifs is 1. The molecule has 0 unspecified atom stereocenters. The lowest BCUT2D eigenvalue weighted by Gasteiger charge is -2.23. The Morgan fingerprint density at radius 2 is 1.85 bits per heavy atom. The highest BCUT2D eigenvalue weighted by atomic mass is 16.5. The van der Waals surface area contributed by atoms with Crippen LogP contribution < -0.4 is 0 Å². The fourth-order valence-electron chi connectivity index (χ4n) is 3.59. The van der Waals surface area contributed by atoms with Gasteiger partial charge < -0.3 is 14.2 Å². The van der Waals surface area contributed by atoms with Crippen molar-refractivity contribution in [3.05, 3.63) is 35.0 Å². The summed E-state index contributed by atoms with van der Waals surface area (Å²) in [5.74, 6) is -0.263. The van der Waals surface area contributed by atoms with Crippen molar-refractivity contribution in [2.45, 2.75) is 60.4 Å². The molecule has 0 aliphatic carbocycles. The van der Waals surface area contributed by atoms with E-state index in [0.717, 1.165) is 41.5 Å². The molecule has 0 radical (unpaired) electrons. The maximum Gasteiger partial charge on any atom is 0.307 e. The zero-order valence-corrected chi connectivity index (χ0v) is 17.3. The van der Waals surface area contributed by atoms with Gasteiger partial charge in [0.2, 0.25) is 0 Å². The van der Waals surface area contributed by atoms with E-state index < -0.39 is 0 Å². The summed E-state index contributed by atoms with van der Waals surface area (Å²) in [5, 5.41) is 1.14. The molecule has 1 heterocycles. The van der Waals surface area contributed by atoms with Crippen LogP contribution in [0.15, 0.2) is 18.2 Å². The van der Waals surface area contributed by atoms with E-state index in [0.29, 0.717) is 19.7 Å². The number of aromatic nitrogens is 1. The molecule has 1 aromatic heterocycles. The van der Waals surface area contributed by atoms with E-state index >= 15 is 0 Å². The standard InChI is InChI=1S/C22H32N2O3/c1-6-13-23(14-12-20(25)27-9-4)22(26)21-16(5)18-15-17(7-2)10-11-19(18)24(21)8-3/h10-11,15H,6-9,12-14H2,1-5H3. The lowest BCUT2D eigenvalue weighted by Crippen LogP contribution is -2.35. The SMILES string of the molecule is CCCN(CCC(=O)OCC)C(=O)c1c(C)c2cc(CC)ccc2n1CC. The molecule has 1 amide bonds. The van der Waals surface area contributed by atoms with Gasteiger partial charge in [0.15, 0.2) is 0 Å². The van der Waals surface area contributed by atoms with Gasteiger partial charge in [0.05, 0.1) is 13.0 Å². The van der Waals surface area contributed by atoms with Crippen LogP contribution in [0.4, 0.5) is 0 Å². The average molecular weight is 373 g/mol. The Kier molecular flexibility index (Phi) is 7.45. The molecule has 0 aliphatic heterocycles. The van der Waals surface area contributed by atoms with Crippen molar-refractivity contribution in [3.63, 3.8) is 0 Å². The first-order valence-electron chi connectivity index (χ1n) is 10.0. The predicted octanol–water partition coefficient (Wildman–Crippen LogP) is 4.34. The Morgan fingerprint density at radius 3 is 2.44 bits per heavy atom. The van der Waals surface area contributed by atoms with Crippen LogP contribution in [0.3, 0.4) is 0 Å². The molecular weight excluding hydrogens is 340 g/mol. The Balaban J connectivity index is 2.40. The van der Waals surface area contributed by atoms with E-state index in [4.69, 9.17) is 4.74 Å². The Hall–Kier alpha value is -2.30. The minimum atomic E-state index is -0.258. The van der Waals surface area contributed by atoms with Crippen LogP contribution in [0.2, 0.25) is 0 Å². The number of carbonyl (C=O) groups excluding carboxylic acids is 2. The first kappa shape index (κ1) is 21.0. The minimum absolute atomic E-state index is 0.00486. The Morgan fingerprint density at radius 1 is 1.11 bits per heavy atom. The van der Waals surface area contributed by atoms with Crippen molar-refractivity contribution in [1.82, 2.24) is 9.47 Å². The molecule has 0 saturated heterocycles. The van der Waals surface area contributed by atoms with Gasteiger partial charge in [0.1, 0.15) is 5.69 Å².